The molecule has 1 amide bonds. The van der Waals surface area contributed by atoms with E-state index in [1.807, 2.05) is 25.7 Å². The van der Waals surface area contributed by atoms with Crippen LogP contribution in [0.5, 0.6) is 0 Å². The Hall–Kier alpha value is -1.55. The quantitative estimate of drug-likeness (QED) is 0.739. The van der Waals surface area contributed by atoms with Crippen LogP contribution in [0.2, 0.25) is 0 Å². The minimum Gasteiger partial charge on any atom is -0.444 e. The molecule has 2 heterocycles. The van der Waals surface area contributed by atoms with Crippen molar-refractivity contribution in [3.8, 4) is 0 Å². The van der Waals surface area contributed by atoms with E-state index in [4.69, 9.17) is 9.47 Å². The van der Waals surface area contributed by atoms with Crippen molar-refractivity contribution in [3.05, 3.63) is 34.4 Å². The van der Waals surface area contributed by atoms with Crippen LogP contribution < -0.4 is 0 Å². The van der Waals surface area contributed by atoms with Crippen molar-refractivity contribution in [3.63, 3.8) is 0 Å². The van der Waals surface area contributed by atoms with Crippen LogP contribution in [0, 0.1) is 0 Å². The normalized spacial score (nSPS) is 23.5. The molecule has 26 heavy (non-hydrogen) atoms. The van der Waals surface area contributed by atoms with Gasteiger partial charge >= 0.3 is 6.09 Å². The van der Waals surface area contributed by atoms with Crippen LogP contribution >= 0.6 is 0 Å². The summed E-state index contributed by atoms with van der Waals surface area (Å²) >= 11 is 0. The van der Waals surface area contributed by atoms with E-state index in [9.17, 15) is 4.79 Å². The average Bonchev–Trinajstić information content (AvgIpc) is 3.36. The van der Waals surface area contributed by atoms with E-state index >= 15 is 0 Å². The van der Waals surface area contributed by atoms with Crippen LogP contribution in [0.15, 0.2) is 12.1 Å². The maximum atomic E-state index is 12.5. The number of hydrogen-bond donors (Lipinski definition) is 0. The van der Waals surface area contributed by atoms with E-state index < -0.39 is 5.60 Å². The van der Waals surface area contributed by atoms with Crippen LogP contribution in [-0.4, -0.2) is 29.8 Å². The molecule has 0 spiro atoms. The molecule has 1 unspecified atom stereocenters. The topological polar surface area (TPSA) is 38.8 Å². The van der Waals surface area contributed by atoms with Gasteiger partial charge in [0.15, 0.2) is 0 Å². The Balaban J connectivity index is 1.58. The van der Waals surface area contributed by atoms with Gasteiger partial charge in [-0.2, -0.15) is 0 Å². The molecule has 142 valence electrons. The molecule has 2 fully saturated rings. The standard InChI is InChI=1S/C22H31NO3/c1-22(2,3)26-21(24)23-13-17-11-19(15-5-4-9-25-10-8-15)20(16-6-7-16)12-18(17)14-23/h11-12,15-16H,4-10,13-14H2,1-3H3. The van der Waals surface area contributed by atoms with Crippen LogP contribution in [0.1, 0.15) is 87.0 Å². The van der Waals surface area contributed by atoms with Gasteiger partial charge in [-0.25, -0.2) is 4.79 Å². The summed E-state index contributed by atoms with van der Waals surface area (Å²) in [6.07, 6.45) is 5.90. The van der Waals surface area contributed by atoms with Gasteiger partial charge in [-0.15, -0.1) is 0 Å². The third-order valence-corrected chi connectivity index (χ3v) is 5.69. The van der Waals surface area contributed by atoms with E-state index in [-0.39, 0.29) is 6.09 Å². The molecule has 1 aliphatic carbocycles. The molecule has 4 rings (SSSR count). The van der Waals surface area contributed by atoms with Crippen molar-refractivity contribution in [1.29, 1.82) is 0 Å². The first-order valence-corrected chi connectivity index (χ1v) is 10.1. The van der Waals surface area contributed by atoms with E-state index in [0.29, 0.717) is 19.0 Å². The largest absolute Gasteiger partial charge is 0.444 e. The second-order valence-corrected chi connectivity index (χ2v) is 9.10. The number of amides is 1. The number of nitrogens with zero attached hydrogens (tertiary/aromatic N) is 1. The summed E-state index contributed by atoms with van der Waals surface area (Å²) in [5.41, 5.74) is 5.24. The van der Waals surface area contributed by atoms with E-state index in [0.717, 1.165) is 32.0 Å². The highest BCUT2D eigenvalue weighted by molar-refractivity contribution is 5.69. The van der Waals surface area contributed by atoms with Crippen LogP contribution in [-0.2, 0) is 22.6 Å². The zero-order valence-corrected chi connectivity index (χ0v) is 16.3. The highest BCUT2D eigenvalue weighted by atomic mass is 16.6. The van der Waals surface area contributed by atoms with Crippen molar-refractivity contribution in [2.24, 2.45) is 0 Å². The van der Waals surface area contributed by atoms with Gasteiger partial charge in [-0.1, -0.05) is 12.1 Å². The van der Waals surface area contributed by atoms with Gasteiger partial charge < -0.3 is 9.47 Å². The van der Waals surface area contributed by atoms with Crippen molar-refractivity contribution in [2.75, 3.05) is 13.2 Å². The predicted octanol–water partition coefficient (Wildman–Crippen LogP) is 5.10. The Kier molecular flexibility index (Phi) is 4.72. The predicted molar refractivity (Wildman–Crippen MR) is 101 cm³/mol. The molecule has 1 aromatic carbocycles. The Bertz CT molecular complexity index is 679. The van der Waals surface area contributed by atoms with Gasteiger partial charge in [0, 0.05) is 26.3 Å². The molecular formula is C22H31NO3. The molecule has 1 atom stereocenters. The minimum absolute atomic E-state index is 0.203. The molecule has 1 saturated heterocycles. The lowest BCUT2D eigenvalue weighted by molar-refractivity contribution is 0.0242. The van der Waals surface area contributed by atoms with Crippen molar-refractivity contribution in [2.45, 2.75) is 83.4 Å². The van der Waals surface area contributed by atoms with Crippen LogP contribution in [0.4, 0.5) is 4.79 Å². The first kappa shape index (κ1) is 17.8. The summed E-state index contributed by atoms with van der Waals surface area (Å²) < 4.78 is 11.3. The molecule has 3 aliphatic rings. The fraction of sp³-hybridized carbons (Fsp3) is 0.682. The minimum atomic E-state index is -0.448. The molecule has 0 radical (unpaired) electrons. The molecule has 2 aliphatic heterocycles. The lowest BCUT2D eigenvalue weighted by Crippen LogP contribution is -2.33. The Labute approximate surface area is 156 Å². The SMILES string of the molecule is CC(C)(C)OC(=O)N1Cc2cc(C3CCCOCC3)c(C3CC3)cc2C1. The Morgan fingerprint density at radius 3 is 2.19 bits per heavy atom. The van der Waals surface area contributed by atoms with Crippen LogP contribution in [0.25, 0.3) is 0 Å². The van der Waals surface area contributed by atoms with Gasteiger partial charge in [-0.05, 0) is 87.0 Å². The summed E-state index contributed by atoms with van der Waals surface area (Å²) in [5.74, 6) is 1.34. The first-order valence-electron chi connectivity index (χ1n) is 10.1. The smallest absolute Gasteiger partial charge is 0.410 e. The zero-order valence-electron chi connectivity index (χ0n) is 16.3. The Morgan fingerprint density at radius 1 is 1.00 bits per heavy atom. The highest BCUT2D eigenvalue weighted by Gasteiger charge is 2.33. The molecule has 0 aromatic heterocycles. The number of hydrogen-bond acceptors (Lipinski definition) is 3. The number of carbonyl (C=O) groups is 1. The van der Waals surface area contributed by atoms with Crippen molar-refractivity contribution >= 4 is 6.09 Å². The molecule has 1 aromatic rings. The number of ether oxygens (including phenoxy) is 2. The van der Waals surface area contributed by atoms with Gasteiger partial charge in [-0.3, -0.25) is 4.90 Å². The van der Waals surface area contributed by atoms with Crippen molar-refractivity contribution < 1.29 is 14.3 Å². The fourth-order valence-corrected chi connectivity index (χ4v) is 4.26. The lowest BCUT2D eigenvalue weighted by atomic mass is 9.85. The third-order valence-electron chi connectivity index (χ3n) is 5.69. The number of benzene rings is 1. The summed E-state index contributed by atoms with van der Waals surface area (Å²) in [6.45, 7) is 8.88. The maximum Gasteiger partial charge on any atom is 0.410 e. The van der Waals surface area contributed by atoms with E-state index in [1.54, 1.807) is 5.56 Å². The van der Waals surface area contributed by atoms with E-state index in [2.05, 4.69) is 12.1 Å². The molecular weight excluding hydrogens is 326 g/mol. The zero-order chi connectivity index (χ0) is 18.3. The average molecular weight is 357 g/mol. The summed E-state index contributed by atoms with van der Waals surface area (Å²) in [6, 6.07) is 4.81. The van der Waals surface area contributed by atoms with Gasteiger partial charge in [0.1, 0.15) is 5.60 Å². The second-order valence-electron chi connectivity index (χ2n) is 9.10. The third kappa shape index (κ3) is 3.90. The van der Waals surface area contributed by atoms with E-state index in [1.165, 1.54) is 36.0 Å². The van der Waals surface area contributed by atoms with Gasteiger partial charge in [0.25, 0.3) is 0 Å². The fourth-order valence-electron chi connectivity index (χ4n) is 4.26. The number of rotatable bonds is 2. The first-order chi connectivity index (χ1) is 12.4. The molecule has 0 bridgehead atoms. The highest BCUT2D eigenvalue weighted by Crippen LogP contribution is 2.46. The molecule has 4 heteroatoms. The number of carbonyl (C=O) groups excluding carboxylic acids is 1. The number of fused-ring (bicyclic) bond motifs is 1. The maximum absolute atomic E-state index is 12.5. The summed E-state index contributed by atoms with van der Waals surface area (Å²) in [7, 11) is 0. The summed E-state index contributed by atoms with van der Waals surface area (Å²) in [5, 5.41) is 0. The Morgan fingerprint density at radius 2 is 1.62 bits per heavy atom. The van der Waals surface area contributed by atoms with Crippen LogP contribution in [0.3, 0.4) is 0 Å². The second kappa shape index (κ2) is 6.88. The summed E-state index contributed by atoms with van der Waals surface area (Å²) in [4.78, 5) is 14.3. The molecule has 4 nitrogen and oxygen atoms in total. The monoisotopic (exact) mass is 357 g/mol. The molecule has 0 N–H and O–H groups in total. The molecule has 1 saturated carbocycles. The van der Waals surface area contributed by atoms with Gasteiger partial charge in [0.05, 0.1) is 0 Å². The van der Waals surface area contributed by atoms with Gasteiger partial charge in [0.2, 0.25) is 0 Å². The lowest BCUT2D eigenvalue weighted by Gasteiger charge is -2.24. The van der Waals surface area contributed by atoms with Crippen molar-refractivity contribution in [1.82, 2.24) is 4.90 Å².